The van der Waals surface area contributed by atoms with Crippen LogP contribution in [0.2, 0.25) is 0 Å². The molecule has 1 unspecified atom stereocenters. The number of carbonyl (C=O) groups excluding carboxylic acids is 1. The Balaban J connectivity index is 1.93. The van der Waals surface area contributed by atoms with Gasteiger partial charge in [-0.05, 0) is 18.1 Å². The van der Waals surface area contributed by atoms with Crippen LogP contribution in [-0.4, -0.2) is 27.6 Å². The average Bonchev–Trinajstić information content (AvgIpc) is 3.02. The molecule has 148 valence electrons. The van der Waals surface area contributed by atoms with Crippen molar-refractivity contribution in [2.45, 2.75) is 77.2 Å². The first-order chi connectivity index (χ1) is 13.0. The zero-order chi connectivity index (χ0) is 19.6. The van der Waals surface area contributed by atoms with Crippen LogP contribution in [0.3, 0.4) is 0 Å². The Bertz CT molecular complexity index is 751. The Kier molecular flexibility index (Phi) is 8.52. The number of aromatic nitrogens is 1. The molecule has 0 aliphatic carbocycles. The lowest BCUT2D eigenvalue weighted by atomic mass is 10.1. The van der Waals surface area contributed by atoms with Crippen molar-refractivity contribution < 1.29 is 14.7 Å². The molecule has 5 heteroatoms. The van der Waals surface area contributed by atoms with E-state index in [1.807, 2.05) is 24.3 Å². The summed E-state index contributed by atoms with van der Waals surface area (Å²) in [6.45, 7) is 2.22. The molecule has 0 amide bonds. The Morgan fingerprint density at radius 2 is 1.67 bits per heavy atom. The third-order valence-electron chi connectivity index (χ3n) is 5.06. The number of nitrogens with two attached hydrogens (primary N) is 1. The Labute approximate surface area is 161 Å². The number of hydrogen-bond acceptors (Lipinski definition) is 3. The molecule has 0 radical (unpaired) electrons. The van der Waals surface area contributed by atoms with E-state index in [4.69, 9.17) is 10.8 Å². The second-order valence-corrected chi connectivity index (χ2v) is 7.31. The molecule has 1 aromatic heterocycles. The monoisotopic (exact) mass is 372 g/mol. The van der Waals surface area contributed by atoms with E-state index in [9.17, 15) is 9.59 Å². The zero-order valence-electron chi connectivity index (χ0n) is 16.3. The standard InChI is InChI=1S/C22H32N2O3/c1-2-3-4-5-6-7-8-9-14-21(25)24-16-17(15-19(23)22(26)27)18-12-10-11-13-20(18)24/h10-13,16,19H,2-9,14-15,23H2,1H3,(H,26,27). The van der Waals surface area contributed by atoms with Gasteiger partial charge in [-0.2, -0.15) is 0 Å². The van der Waals surface area contributed by atoms with Crippen molar-refractivity contribution in [3.63, 3.8) is 0 Å². The largest absolute Gasteiger partial charge is 0.480 e. The fraction of sp³-hybridized carbons (Fsp3) is 0.545. The fourth-order valence-corrected chi connectivity index (χ4v) is 3.47. The average molecular weight is 373 g/mol. The van der Waals surface area contributed by atoms with Gasteiger partial charge in [0.05, 0.1) is 5.52 Å². The first kappa shape index (κ1) is 21.2. The first-order valence-electron chi connectivity index (χ1n) is 10.1. The maximum atomic E-state index is 12.7. The third kappa shape index (κ3) is 6.21. The SMILES string of the molecule is CCCCCCCCCCC(=O)n1cc(CC(N)C(=O)O)c2ccccc21. The summed E-state index contributed by atoms with van der Waals surface area (Å²) in [5.41, 5.74) is 7.33. The Hall–Kier alpha value is -2.14. The number of carboxylic acid groups (broad SMARTS) is 1. The van der Waals surface area contributed by atoms with Gasteiger partial charge in [-0.15, -0.1) is 0 Å². The number of carbonyl (C=O) groups is 2. The van der Waals surface area contributed by atoms with Crippen LogP contribution in [0.1, 0.15) is 75.1 Å². The third-order valence-corrected chi connectivity index (χ3v) is 5.06. The van der Waals surface area contributed by atoms with Crippen molar-refractivity contribution in [3.8, 4) is 0 Å². The van der Waals surface area contributed by atoms with Crippen LogP contribution in [0.25, 0.3) is 10.9 Å². The summed E-state index contributed by atoms with van der Waals surface area (Å²) in [5.74, 6) is -0.968. The maximum Gasteiger partial charge on any atom is 0.320 e. The molecule has 27 heavy (non-hydrogen) atoms. The molecule has 5 nitrogen and oxygen atoms in total. The molecule has 1 heterocycles. The second-order valence-electron chi connectivity index (χ2n) is 7.31. The lowest BCUT2D eigenvalue weighted by Gasteiger charge is -2.05. The highest BCUT2D eigenvalue weighted by atomic mass is 16.4. The van der Waals surface area contributed by atoms with Crippen LogP contribution >= 0.6 is 0 Å². The number of rotatable bonds is 12. The summed E-state index contributed by atoms with van der Waals surface area (Å²) in [7, 11) is 0. The van der Waals surface area contributed by atoms with Crippen molar-refractivity contribution in [1.82, 2.24) is 4.57 Å². The summed E-state index contributed by atoms with van der Waals surface area (Å²) >= 11 is 0. The van der Waals surface area contributed by atoms with Gasteiger partial charge in [0.15, 0.2) is 0 Å². The molecule has 3 N–H and O–H groups in total. The van der Waals surface area contributed by atoms with Gasteiger partial charge >= 0.3 is 5.97 Å². The van der Waals surface area contributed by atoms with E-state index in [1.165, 1.54) is 38.5 Å². The number of benzene rings is 1. The number of carboxylic acids is 1. The fourth-order valence-electron chi connectivity index (χ4n) is 3.47. The molecule has 0 saturated heterocycles. The molecule has 2 aromatic rings. The van der Waals surface area contributed by atoms with Gasteiger partial charge in [-0.1, -0.05) is 70.1 Å². The molecule has 0 bridgehead atoms. The molecule has 1 atom stereocenters. The van der Waals surface area contributed by atoms with Gasteiger partial charge in [0.2, 0.25) is 5.91 Å². The van der Waals surface area contributed by atoms with Crippen LogP contribution in [0.15, 0.2) is 30.5 Å². The molecule has 0 aliphatic rings. The molecule has 0 saturated carbocycles. The summed E-state index contributed by atoms with van der Waals surface area (Å²) in [6, 6.07) is 6.64. The van der Waals surface area contributed by atoms with E-state index in [-0.39, 0.29) is 12.3 Å². The van der Waals surface area contributed by atoms with E-state index in [0.29, 0.717) is 6.42 Å². The maximum absolute atomic E-state index is 12.7. The molecular weight excluding hydrogens is 340 g/mol. The number of para-hydroxylation sites is 1. The number of unbranched alkanes of at least 4 members (excludes halogenated alkanes) is 7. The normalized spacial score (nSPS) is 12.4. The summed E-state index contributed by atoms with van der Waals surface area (Å²) in [5, 5.41) is 9.97. The van der Waals surface area contributed by atoms with Crippen LogP contribution in [0, 0.1) is 0 Å². The van der Waals surface area contributed by atoms with E-state index in [1.54, 1.807) is 10.8 Å². The van der Waals surface area contributed by atoms with Gasteiger partial charge in [-0.25, -0.2) is 0 Å². The highest BCUT2D eigenvalue weighted by molar-refractivity contribution is 5.94. The van der Waals surface area contributed by atoms with Crippen LogP contribution < -0.4 is 5.73 Å². The summed E-state index contributed by atoms with van der Waals surface area (Å²) in [6.07, 6.45) is 12.1. The lowest BCUT2D eigenvalue weighted by molar-refractivity contribution is -0.138. The molecule has 0 aliphatic heterocycles. The highest BCUT2D eigenvalue weighted by Crippen LogP contribution is 2.23. The minimum atomic E-state index is -1.03. The lowest BCUT2D eigenvalue weighted by Crippen LogP contribution is -2.32. The predicted octanol–water partition coefficient (Wildman–Crippen LogP) is 4.77. The molecule has 1 aromatic carbocycles. The molecule has 2 rings (SSSR count). The van der Waals surface area contributed by atoms with Crippen molar-refractivity contribution in [2.24, 2.45) is 5.73 Å². The minimum absolute atomic E-state index is 0.0623. The minimum Gasteiger partial charge on any atom is -0.480 e. The number of fused-ring (bicyclic) bond motifs is 1. The van der Waals surface area contributed by atoms with Crippen molar-refractivity contribution in [3.05, 3.63) is 36.0 Å². The summed E-state index contributed by atoms with van der Waals surface area (Å²) < 4.78 is 1.67. The van der Waals surface area contributed by atoms with E-state index in [0.717, 1.165) is 29.3 Å². The highest BCUT2D eigenvalue weighted by Gasteiger charge is 2.18. The number of aliphatic carboxylic acids is 1. The van der Waals surface area contributed by atoms with E-state index < -0.39 is 12.0 Å². The van der Waals surface area contributed by atoms with Gasteiger partial charge in [0.25, 0.3) is 0 Å². The van der Waals surface area contributed by atoms with Crippen molar-refractivity contribution in [2.75, 3.05) is 0 Å². The van der Waals surface area contributed by atoms with Gasteiger partial charge < -0.3 is 10.8 Å². The Morgan fingerprint density at radius 3 is 2.33 bits per heavy atom. The van der Waals surface area contributed by atoms with E-state index in [2.05, 4.69) is 6.92 Å². The molecule has 0 spiro atoms. The smallest absolute Gasteiger partial charge is 0.320 e. The van der Waals surface area contributed by atoms with Crippen LogP contribution in [0.4, 0.5) is 0 Å². The number of nitrogens with zero attached hydrogens (tertiary/aromatic N) is 1. The number of hydrogen-bond donors (Lipinski definition) is 2. The zero-order valence-corrected chi connectivity index (χ0v) is 16.3. The van der Waals surface area contributed by atoms with Crippen molar-refractivity contribution in [1.29, 1.82) is 0 Å². The molecule has 0 fully saturated rings. The van der Waals surface area contributed by atoms with Gasteiger partial charge in [-0.3, -0.25) is 14.2 Å². The predicted molar refractivity (Wildman–Crippen MR) is 109 cm³/mol. The van der Waals surface area contributed by atoms with E-state index >= 15 is 0 Å². The first-order valence-corrected chi connectivity index (χ1v) is 10.1. The van der Waals surface area contributed by atoms with Crippen LogP contribution in [-0.2, 0) is 11.2 Å². The van der Waals surface area contributed by atoms with Crippen molar-refractivity contribution >= 4 is 22.8 Å². The second kappa shape index (κ2) is 10.9. The van der Waals surface area contributed by atoms with Gasteiger partial charge in [0.1, 0.15) is 6.04 Å². The Morgan fingerprint density at radius 1 is 1.04 bits per heavy atom. The molecular formula is C22H32N2O3. The van der Waals surface area contributed by atoms with Gasteiger partial charge in [0, 0.05) is 24.4 Å². The quantitative estimate of drug-likeness (QED) is 0.526. The topological polar surface area (TPSA) is 85.3 Å². The summed E-state index contributed by atoms with van der Waals surface area (Å²) in [4.78, 5) is 23.7. The van der Waals surface area contributed by atoms with Crippen LogP contribution in [0.5, 0.6) is 0 Å².